The summed E-state index contributed by atoms with van der Waals surface area (Å²) in [5.74, 6) is 0. The Morgan fingerprint density at radius 3 is 2.80 bits per heavy atom. The number of benzene rings is 1. The molecule has 1 fully saturated rings. The Kier molecular flexibility index (Phi) is 4.52. The molecule has 1 aromatic rings. The third kappa shape index (κ3) is 3.45. The normalized spacial score (nSPS) is 15.7. The SMILES string of the molecule is CN(C(=O)Nc1cccc([N+](=O)[O-])c1)C1CCNCC1. The van der Waals surface area contributed by atoms with Gasteiger partial charge in [-0.2, -0.15) is 0 Å². The van der Waals surface area contributed by atoms with E-state index in [0.29, 0.717) is 5.69 Å². The third-order valence-corrected chi connectivity index (χ3v) is 3.48. The van der Waals surface area contributed by atoms with E-state index in [1.165, 1.54) is 12.1 Å². The molecule has 7 heteroatoms. The number of urea groups is 1. The van der Waals surface area contributed by atoms with Gasteiger partial charge in [0.15, 0.2) is 0 Å². The molecule has 1 aliphatic rings. The summed E-state index contributed by atoms with van der Waals surface area (Å²) in [5, 5.41) is 16.6. The van der Waals surface area contributed by atoms with Crippen molar-refractivity contribution in [1.29, 1.82) is 0 Å². The van der Waals surface area contributed by atoms with Crippen molar-refractivity contribution >= 4 is 17.4 Å². The number of piperidine rings is 1. The monoisotopic (exact) mass is 278 g/mol. The second-order valence-electron chi connectivity index (χ2n) is 4.83. The summed E-state index contributed by atoms with van der Waals surface area (Å²) in [6.07, 6.45) is 1.83. The smallest absolute Gasteiger partial charge is 0.321 e. The number of carbonyl (C=O) groups is 1. The zero-order chi connectivity index (χ0) is 14.5. The lowest BCUT2D eigenvalue weighted by Crippen LogP contribution is -2.45. The van der Waals surface area contributed by atoms with Crippen molar-refractivity contribution in [3.05, 3.63) is 34.4 Å². The first-order valence-corrected chi connectivity index (χ1v) is 6.57. The van der Waals surface area contributed by atoms with Gasteiger partial charge in [-0.05, 0) is 32.0 Å². The molecule has 0 aromatic heterocycles. The number of nitrogens with one attached hydrogen (secondary N) is 2. The highest BCUT2D eigenvalue weighted by atomic mass is 16.6. The maximum Gasteiger partial charge on any atom is 0.321 e. The Hall–Kier alpha value is -2.15. The molecular weight excluding hydrogens is 260 g/mol. The van der Waals surface area contributed by atoms with Gasteiger partial charge in [-0.3, -0.25) is 10.1 Å². The lowest BCUT2D eigenvalue weighted by Gasteiger charge is -2.31. The van der Waals surface area contributed by atoms with Gasteiger partial charge in [0.2, 0.25) is 0 Å². The summed E-state index contributed by atoms with van der Waals surface area (Å²) in [5.41, 5.74) is 0.400. The van der Waals surface area contributed by atoms with Crippen LogP contribution in [0.1, 0.15) is 12.8 Å². The summed E-state index contributed by atoms with van der Waals surface area (Å²) >= 11 is 0. The molecule has 0 radical (unpaired) electrons. The molecule has 1 aromatic carbocycles. The minimum atomic E-state index is -0.480. The fraction of sp³-hybridized carbons (Fsp3) is 0.462. The maximum atomic E-state index is 12.1. The van der Waals surface area contributed by atoms with E-state index in [2.05, 4.69) is 10.6 Å². The van der Waals surface area contributed by atoms with Crippen LogP contribution in [0.4, 0.5) is 16.2 Å². The van der Waals surface area contributed by atoms with Gasteiger partial charge in [0.1, 0.15) is 0 Å². The van der Waals surface area contributed by atoms with Crippen LogP contribution >= 0.6 is 0 Å². The molecule has 2 N–H and O–H groups in total. The highest BCUT2D eigenvalue weighted by molar-refractivity contribution is 5.89. The predicted molar refractivity (Wildman–Crippen MR) is 75.8 cm³/mol. The van der Waals surface area contributed by atoms with Crippen molar-refractivity contribution in [1.82, 2.24) is 10.2 Å². The second kappa shape index (κ2) is 6.33. The van der Waals surface area contributed by atoms with Crippen LogP contribution in [0, 0.1) is 10.1 Å². The van der Waals surface area contributed by atoms with E-state index in [1.807, 2.05) is 0 Å². The molecule has 0 aliphatic carbocycles. The lowest BCUT2D eigenvalue weighted by molar-refractivity contribution is -0.384. The number of rotatable bonds is 3. The van der Waals surface area contributed by atoms with Crippen molar-refractivity contribution in [3.8, 4) is 0 Å². The van der Waals surface area contributed by atoms with Crippen LogP contribution in [0.5, 0.6) is 0 Å². The molecular formula is C13H18N4O3. The van der Waals surface area contributed by atoms with Gasteiger partial charge in [0, 0.05) is 30.9 Å². The van der Waals surface area contributed by atoms with Crippen molar-refractivity contribution in [2.75, 3.05) is 25.5 Å². The molecule has 0 saturated carbocycles. The first-order valence-electron chi connectivity index (χ1n) is 6.57. The lowest BCUT2D eigenvalue weighted by atomic mass is 10.1. The quantitative estimate of drug-likeness (QED) is 0.652. The van der Waals surface area contributed by atoms with Crippen LogP contribution < -0.4 is 10.6 Å². The minimum absolute atomic E-state index is 0.0349. The molecule has 0 unspecified atom stereocenters. The van der Waals surface area contributed by atoms with Crippen LogP contribution in [0.2, 0.25) is 0 Å². The average molecular weight is 278 g/mol. The molecule has 0 spiro atoms. The van der Waals surface area contributed by atoms with Crippen molar-refractivity contribution in [2.24, 2.45) is 0 Å². The molecule has 7 nitrogen and oxygen atoms in total. The van der Waals surface area contributed by atoms with Crippen LogP contribution in [-0.4, -0.2) is 42.0 Å². The number of amides is 2. The molecule has 1 heterocycles. The van der Waals surface area contributed by atoms with E-state index in [4.69, 9.17) is 0 Å². The number of nitro groups is 1. The van der Waals surface area contributed by atoms with E-state index in [9.17, 15) is 14.9 Å². The van der Waals surface area contributed by atoms with Crippen molar-refractivity contribution < 1.29 is 9.72 Å². The maximum absolute atomic E-state index is 12.1. The van der Waals surface area contributed by atoms with E-state index in [1.54, 1.807) is 24.1 Å². The highest BCUT2D eigenvalue weighted by Gasteiger charge is 2.22. The van der Waals surface area contributed by atoms with E-state index < -0.39 is 4.92 Å². The molecule has 0 atom stereocenters. The number of anilines is 1. The van der Waals surface area contributed by atoms with Crippen LogP contribution in [0.15, 0.2) is 24.3 Å². The largest absolute Gasteiger partial charge is 0.325 e. The average Bonchev–Trinajstić information content (AvgIpc) is 2.47. The molecule has 0 bridgehead atoms. The van der Waals surface area contributed by atoms with Gasteiger partial charge in [-0.25, -0.2) is 4.79 Å². The molecule has 2 amide bonds. The van der Waals surface area contributed by atoms with E-state index in [0.717, 1.165) is 25.9 Å². The zero-order valence-electron chi connectivity index (χ0n) is 11.3. The summed E-state index contributed by atoms with van der Waals surface area (Å²) in [7, 11) is 1.75. The number of nitrogens with zero attached hydrogens (tertiary/aromatic N) is 2. The predicted octanol–water partition coefficient (Wildman–Crippen LogP) is 1.81. The Labute approximate surface area is 117 Å². The summed E-state index contributed by atoms with van der Waals surface area (Å²) < 4.78 is 0. The molecule has 1 saturated heterocycles. The number of non-ortho nitro benzene ring substituents is 1. The number of nitro benzene ring substituents is 1. The van der Waals surface area contributed by atoms with Gasteiger partial charge in [-0.1, -0.05) is 6.07 Å². The molecule has 2 rings (SSSR count). The standard InChI is InChI=1S/C13H18N4O3/c1-16(11-5-7-14-8-6-11)13(18)15-10-3-2-4-12(9-10)17(19)20/h2-4,9,11,14H,5-8H2,1H3,(H,15,18). The first-order chi connectivity index (χ1) is 9.58. The van der Waals surface area contributed by atoms with Crippen LogP contribution in [0.25, 0.3) is 0 Å². The molecule has 108 valence electrons. The van der Waals surface area contributed by atoms with Crippen LogP contribution in [-0.2, 0) is 0 Å². The Balaban J connectivity index is 1.99. The number of hydrogen-bond acceptors (Lipinski definition) is 4. The van der Waals surface area contributed by atoms with E-state index >= 15 is 0 Å². The van der Waals surface area contributed by atoms with Crippen molar-refractivity contribution in [3.63, 3.8) is 0 Å². The zero-order valence-corrected chi connectivity index (χ0v) is 11.3. The topological polar surface area (TPSA) is 87.5 Å². The van der Waals surface area contributed by atoms with Crippen LogP contribution in [0.3, 0.4) is 0 Å². The summed E-state index contributed by atoms with van der Waals surface area (Å²) in [6.45, 7) is 1.80. The fourth-order valence-corrected chi connectivity index (χ4v) is 2.27. The Morgan fingerprint density at radius 2 is 2.15 bits per heavy atom. The highest BCUT2D eigenvalue weighted by Crippen LogP contribution is 2.18. The fourth-order valence-electron chi connectivity index (χ4n) is 2.27. The Bertz CT molecular complexity index is 500. The van der Waals surface area contributed by atoms with E-state index in [-0.39, 0.29) is 17.8 Å². The molecule has 1 aliphatic heterocycles. The summed E-state index contributed by atoms with van der Waals surface area (Å²) in [4.78, 5) is 24.0. The minimum Gasteiger partial charge on any atom is -0.325 e. The number of carbonyl (C=O) groups excluding carboxylic acids is 1. The van der Waals surface area contributed by atoms with Gasteiger partial charge >= 0.3 is 6.03 Å². The second-order valence-corrected chi connectivity index (χ2v) is 4.83. The summed E-state index contributed by atoms with van der Waals surface area (Å²) in [6, 6.07) is 5.91. The van der Waals surface area contributed by atoms with Gasteiger partial charge in [-0.15, -0.1) is 0 Å². The van der Waals surface area contributed by atoms with Gasteiger partial charge in [0.05, 0.1) is 4.92 Å². The first kappa shape index (κ1) is 14.3. The van der Waals surface area contributed by atoms with Gasteiger partial charge < -0.3 is 15.5 Å². The third-order valence-electron chi connectivity index (χ3n) is 3.48. The number of hydrogen-bond donors (Lipinski definition) is 2. The molecule has 20 heavy (non-hydrogen) atoms. The van der Waals surface area contributed by atoms with Crippen molar-refractivity contribution in [2.45, 2.75) is 18.9 Å². The van der Waals surface area contributed by atoms with Gasteiger partial charge in [0.25, 0.3) is 5.69 Å². The Morgan fingerprint density at radius 1 is 1.45 bits per heavy atom.